The highest BCUT2D eigenvalue weighted by Gasteiger charge is 2.30. The molecule has 0 N–H and O–H groups in total. The largest absolute Gasteiger partial charge is 0.466 e. The number of hydrogen-bond acceptors (Lipinski definition) is 5. The highest BCUT2D eigenvalue weighted by molar-refractivity contribution is 5.99. The molecular formula is C22H30N2O4. The second-order valence-corrected chi connectivity index (χ2v) is 7.28. The zero-order valence-corrected chi connectivity index (χ0v) is 17.1. The zero-order chi connectivity index (χ0) is 20.1. The number of hydrogen-bond donors (Lipinski definition) is 0. The van der Waals surface area contributed by atoms with Gasteiger partial charge in [0.15, 0.2) is 5.76 Å². The van der Waals surface area contributed by atoms with Gasteiger partial charge in [-0.1, -0.05) is 25.1 Å². The molecule has 3 rings (SSSR count). The Kier molecular flexibility index (Phi) is 6.73. The van der Waals surface area contributed by atoms with Gasteiger partial charge in [0, 0.05) is 30.1 Å². The summed E-state index contributed by atoms with van der Waals surface area (Å²) < 4.78 is 10.9. The van der Waals surface area contributed by atoms with Gasteiger partial charge in [-0.2, -0.15) is 0 Å². The summed E-state index contributed by atoms with van der Waals surface area (Å²) in [6.45, 7) is 9.16. The van der Waals surface area contributed by atoms with Gasteiger partial charge in [-0.3, -0.25) is 14.5 Å². The average Bonchev–Trinajstić information content (AvgIpc) is 3.29. The van der Waals surface area contributed by atoms with E-state index in [1.807, 2.05) is 31.2 Å². The molecule has 1 amide bonds. The van der Waals surface area contributed by atoms with Crippen LogP contribution in [0.4, 0.5) is 0 Å². The third kappa shape index (κ3) is 4.38. The fourth-order valence-electron chi connectivity index (χ4n) is 4.03. The van der Waals surface area contributed by atoms with Crippen LogP contribution in [0, 0.1) is 6.92 Å². The number of nitrogens with zero attached hydrogens (tertiary/aromatic N) is 2. The maximum absolute atomic E-state index is 13.4. The number of ether oxygens (including phenoxy) is 1. The number of para-hydroxylation sites is 1. The molecule has 28 heavy (non-hydrogen) atoms. The molecule has 1 unspecified atom stereocenters. The Morgan fingerprint density at radius 1 is 1.29 bits per heavy atom. The number of likely N-dealkylation sites (N-methyl/N-ethyl adjacent to an activating group) is 1. The van der Waals surface area contributed by atoms with Gasteiger partial charge < -0.3 is 14.1 Å². The highest BCUT2D eigenvalue weighted by atomic mass is 16.5. The minimum Gasteiger partial charge on any atom is -0.466 e. The van der Waals surface area contributed by atoms with Crippen molar-refractivity contribution in [3.63, 3.8) is 0 Å². The Balaban J connectivity index is 1.82. The van der Waals surface area contributed by atoms with Gasteiger partial charge in [-0.05, 0) is 45.8 Å². The van der Waals surface area contributed by atoms with Crippen molar-refractivity contribution in [2.24, 2.45) is 0 Å². The lowest BCUT2D eigenvalue weighted by Gasteiger charge is -2.30. The molecule has 1 saturated heterocycles. The minimum absolute atomic E-state index is 0.152. The summed E-state index contributed by atoms with van der Waals surface area (Å²) in [5.41, 5.74) is 1.56. The molecule has 1 aromatic carbocycles. The van der Waals surface area contributed by atoms with Crippen LogP contribution in [0.15, 0.2) is 28.7 Å². The number of carbonyl (C=O) groups is 2. The quantitative estimate of drug-likeness (QED) is 0.649. The molecule has 0 bridgehead atoms. The summed E-state index contributed by atoms with van der Waals surface area (Å²) in [6.07, 6.45) is 2.40. The number of rotatable bonds is 8. The predicted octanol–water partition coefficient (Wildman–Crippen LogP) is 3.62. The van der Waals surface area contributed by atoms with Crippen LogP contribution in [-0.4, -0.2) is 60.5 Å². The van der Waals surface area contributed by atoms with Gasteiger partial charge in [-0.15, -0.1) is 0 Å². The fourth-order valence-corrected chi connectivity index (χ4v) is 4.03. The molecule has 1 fully saturated rings. The normalized spacial score (nSPS) is 17.2. The Morgan fingerprint density at radius 3 is 2.79 bits per heavy atom. The summed E-state index contributed by atoms with van der Waals surface area (Å²) in [5, 5.41) is 0.951. The maximum atomic E-state index is 13.4. The molecule has 0 spiro atoms. The van der Waals surface area contributed by atoms with Crippen LogP contribution in [0.3, 0.4) is 0 Å². The van der Waals surface area contributed by atoms with Crippen LogP contribution < -0.4 is 0 Å². The summed E-state index contributed by atoms with van der Waals surface area (Å²) in [7, 11) is 0. The lowest BCUT2D eigenvalue weighted by Crippen LogP contribution is -2.44. The van der Waals surface area contributed by atoms with E-state index in [2.05, 4.69) is 11.8 Å². The molecule has 152 valence electrons. The van der Waals surface area contributed by atoms with Crippen molar-refractivity contribution in [1.29, 1.82) is 0 Å². The second-order valence-electron chi connectivity index (χ2n) is 7.28. The van der Waals surface area contributed by atoms with Gasteiger partial charge in [0.1, 0.15) is 5.58 Å². The average molecular weight is 386 g/mol. The van der Waals surface area contributed by atoms with Crippen LogP contribution in [0.5, 0.6) is 0 Å². The lowest BCUT2D eigenvalue weighted by atomic mass is 10.1. The Hall–Kier alpha value is -2.34. The predicted molar refractivity (Wildman–Crippen MR) is 108 cm³/mol. The van der Waals surface area contributed by atoms with Crippen molar-refractivity contribution in [1.82, 2.24) is 9.80 Å². The van der Waals surface area contributed by atoms with Crippen LogP contribution in [0.2, 0.25) is 0 Å². The number of likely N-dealkylation sites (tertiary alicyclic amines) is 1. The van der Waals surface area contributed by atoms with E-state index in [1.165, 1.54) is 0 Å². The molecule has 6 nitrogen and oxygen atoms in total. The number of aryl methyl sites for hydroxylation is 1. The third-order valence-electron chi connectivity index (χ3n) is 5.55. The fraction of sp³-hybridized carbons (Fsp3) is 0.545. The maximum Gasteiger partial charge on any atom is 0.307 e. The van der Waals surface area contributed by atoms with Gasteiger partial charge in [0.25, 0.3) is 5.91 Å². The van der Waals surface area contributed by atoms with E-state index in [-0.39, 0.29) is 18.3 Å². The highest BCUT2D eigenvalue weighted by Crippen LogP contribution is 2.27. The van der Waals surface area contributed by atoms with Crippen LogP contribution in [0.25, 0.3) is 11.0 Å². The molecule has 0 saturated carbocycles. The molecule has 2 aromatic rings. The smallest absolute Gasteiger partial charge is 0.307 e. The summed E-state index contributed by atoms with van der Waals surface area (Å²) in [6, 6.07) is 7.99. The van der Waals surface area contributed by atoms with E-state index >= 15 is 0 Å². The Labute approximate surface area is 166 Å². The molecular weight excluding hydrogens is 356 g/mol. The first-order chi connectivity index (χ1) is 13.5. The number of benzene rings is 1. The van der Waals surface area contributed by atoms with Crippen LogP contribution in [0.1, 0.15) is 49.2 Å². The van der Waals surface area contributed by atoms with Crippen LogP contribution in [-0.2, 0) is 9.53 Å². The van der Waals surface area contributed by atoms with Crippen molar-refractivity contribution in [2.45, 2.75) is 46.1 Å². The first kappa shape index (κ1) is 20.4. The molecule has 6 heteroatoms. The van der Waals surface area contributed by atoms with E-state index in [1.54, 1.807) is 11.8 Å². The number of furan rings is 1. The Bertz CT molecular complexity index is 829. The Morgan fingerprint density at radius 2 is 2.07 bits per heavy atom. The third-order valence-corrected chi connectivity index (χ3v) is 5.55. The standard InChI is InChI=1S/C22H30N2O4/c1-4-23-13-8-9-17(23)15-24(14-12-20(25)27-5-2)22(26)21-16(3)18-10-6-7-11-19(18)28-21/h6-7,10-11,17H,4-5,8-9,12-15H2,1-3H3. The van der Waals surface area contributed by atoms with Crippen molar-refractivity contribution < 1.29 is 18.7 Å². The molecule has 2 heterocycles. The van der Waals surface area contributed by atoms with E-state index in [0.717, 1.165) is 36.9 Å². The van der Waals surface area contributed by atoms with Gasteiger partial charge in [0.2, 0.25) is 0 Å². The van der Waals surface area contributed by atoms with E-state index < -0.39 is 0 Å². The topological polar surface area (TPSA) is 63.0 Å². The second kappa shape index (κ2) is 9.24. The lowest BCUT2D eigenvalue weighted by molar-refractivity contribution is -0.143. The number of fused-ring (bicyclic) bond motifs is 1. The van der Waals surface area contributed by atoms with Crippen LogP contribution >= 0.6 is 0 Å². The first-order valence-electron chi connectivity index (χ1n) is 10.2. The summed E-state index contributed by atoms with van der Waals surface area (Å²) >= 11 is 0. The molecule has 1 aromatic heterocycles. The zero-order valence-electron chi connectivity index (χ0n) is 17.1. The molecule has 1 atom stereocenters. The monoisotopic (exact) mass is 386 g/mol. The SMILES string of the molecule is CCOC(=O)CCN(CC1CCCN1CC)C(=O)c1oc2ccccc2c1C. The molecule has 0 aliphatic carbocycles. The molecule has 0 radical (unpaired) electrons. The number of carbonyl (C=O) groups excluding carboxylic acids is 2. The number of amides is 1. The van der Waals surface area contributed by atoms with E-state index in [9.17, 15) is 9.59 Å². The summed E-state index contributed by atoms with van der Waals surface area (Å²) in [5.74, 6) is -0.0625. The first-order valence-corrected chi connectivity index (χ1v) is 10.2. The van der Waals surface area contributed by atoms with Gasteiger partial charge in [0.05, 0.1) is 13.0 Å². The van der Waals surface area contributed by atoms with Gasteiger partial charge in [-0.25, -0.2) is 0 Å². The van der Waals surface area contributed by atoms with Crippen molar-refractivity contribution in [2.75, 3.05) is 32.8 Å². The van der Waals surface area contributed by atoms with E-state index in [4.69, 9.17) is 9.15 Å². The molecule has 1 aliphatic rings. The van der Waals surface area contributed by atoms with Gasteiger partial charge >= 0.3 is 5.97 Å². The summed E-state index contributed by atoms with van der Waals surface area (Å²) in [4.78, 5) is 29.4. The van der Waals surface area contributed by atoms with Crippen molar-refractivity contribution >= 4 is 22.8 Å². The minimum atomic E-state index is -0.277. The van der Waals surface area contributed by atoms with Crippen molar-refractivity contribution in [3.05, 3.63) is 35.6 Å². The number of esters is 1. The molecule has 1 aliphatic heterocycles. The van der Waals surface area contributed by atoms with Crippen molar-refractivity contribution in [3.8, 4) is 0 Å². The van der Waals surface area contributed by atoms with E-state index in [0.29, 0.717) is 37.1 Å².